The third kappa shape index (κ3) is 3.49. The molecular weight excluding hydrogens is 236 g/mol. The Labute approximate surface area is 103 Å². The van der Waals surface area contributed by atoms with Gasteiger partial charge in [0.1, 0.15) is 5.75 Å². The van der Waals surface area contributed by atoms with Gasteiger partial charge in [-0.2, -0.15) is 11.3 Å². The van der Waals surface area contributed by atoms with Crippen LogP contribution in [0.4, 0.5) is 11.4 Å². The summed E-state index contributed by atoms with van der Waals surface area (Å²) in [5, 5.41) is 6.49. The predicted molar refractivity (Wildman–Crippen MR) is 69.3 cm³/mol. The van der Waals surface area contributed by atoms with Crippen LogP contribution in [-0.4, -0.2) is 12.5 Å². The van der Waals surface area contributed by atoms with E-state index in [0.717, 1.165) is 5.69 Å². The predicted octanol–water partition coefficient (Wildman–Crippen LogP) is 2.35. The minimum absolute atomic E-state index is 0.0141. The molecular formula is C12H12N2O2S. The third-order valence-corrected chi connectivity index (χ3v) is 2.74. The Morgan fingerprint density at radius 2 is 2.06 bits per heavy atom. The van der Waals surface area contributed by atoms with Gasteiger partial charge < -0.3 is 15.8 Å². The van der Waals surface area contributed by atoms with Crippen molar-refractivity contribution in [2.75, 3.05) is 17.7 Å². The van der Waals surface area contributed by atoms with E-state index in [4.69, 9.17) is 10.5 Å². The zero-order chi connectivity index (χ0) is 12.1. The lowest BCUT2D eigenvalue weighted by molar-refractivity contribution is -0.118. The third-order valence-electron chi connectivity index (χ3n) is 2.05. The number of benzene rings is 1. The number of nitrogens with two attached hydrogens (primary N) is 1. The molecule has 3 N–H and O–H groups in total. The molecule has 4 nitrogen and oxygen atoms in total. The molecule has 0 saturated carbocycles. The Morgan fingerprint density at radius 1 is 1.29 bits per heavy atom. The number of hydrogen-bond acceptors (Lipinski definition) is 4. The van der Waals surface area contributed by atoms with Gasteiger partial charge in [-0.15, -0.1) is 0 Å². The van der Waals surface area contributed by atoms with Gasteiger partial charge in [0.05, 0.1) is 5.69 Å². The smallest absolute Gasteiger partial charge is 0.262 e. The summed E-state index contributed by atoms with van der Waals surface area (Å²) in [6, 6.07) is 8.75. The Kier molecular flexibility index (Phi) is 3.62. The van der Waals surface area contributed by atoms with Gasteiger partial charge >= 0.3 is 0 Å². The molecule has 1 heterocycles. The minimum atomic E-state index is -0.180. The van der Waals surface area contributed by atoms with E-state index < -0.39 is 0 Å². The summed E-state index contributed by atoms with van der Waals surface area (Å²) in [7, 11) is 0. The van der Waals surface area contributed by atoms with Crippen LogP contribution in [0.3, 0.4) is 0 Å². The SMILES string of the molecule is Nc1ccc(OCC(=O)Nc2ccsc2)cc1. The molecule has 0 spiro atoms. The highest BCUT2D eigenvalue weighted by atomic mass is 32.1. The molecule has 1 aromatic carbocycles. The summed E-state index contributed by atoms with van der Waals surface area (Å²) in [4.78, 5) is 11.5. The number of nitrogens with one attached hydrogen (secondary N) is 1. The monoisotopic (exact) mass is 248 g/mol. The Bertz CT molecular complexity index is 480. The first-order valence-electron chi connectivity index (χ1n) is 5.04. The molecule has 0 radical (unpaired) electrons. The van der Waals surface area contributed by atoms with Gasteiger partial charge in [0.2, 0.25) is 0 Å². The van der Waals surface area contributed by atoms with Crippen molar-refractivity contribution < 1.29 is 9.53 Å². The van der Waals surface area contributed by atoms with E-state index in [9.17, 15) is 4.79 Å². The Hall–Kier alpha value is -2.01. The molecule has 5 heteroatoms. The van der Waals surface area contributed by atoms with Crippen LogP contribution >= 0.6 is 11.3 Å². The van der Waals surface area contributed by atoms with Crippen LogP contribution in [0, 0.1) is 0 Å². The van der Waals surface area contributed by atoms with Gasteiger partial charge in [0, 0.05) is 11.1 Å². The number of carbonyl (C=O) groups is 1. The first-order valence-corrected chi connectivity index (χ1v) is 5.99. The number of hydrogen-bond donors (Lipinski definition) is 2. The van der Waals surface area contributed by atoms with Gasteiger partial charge in [0.25, 0.3) is 5.91 Å². The van der Waals surface area contributed by atoms with Crippen LogP contribution in [0.25, 0.3) is 0 Å². The zero-order valence-electron chi connectivity index (χ0n) is 9.05. The van der Waals surface area contributed by atoms with Gasteiger partial charge in [-0.25, -0.2) is 0 Å². The lowest BCUT2D eigenvalue weighted by atomic mass is 10.3. The number of amides is 1. The van der Waals surface area contributed by atoms with Crippen LogP contribution < -0.4 is 15.8 Å². The van der Waals surface area contributed by atoms with Crippen molar-refractivity contribution in [3.05, 3.63) is 41.1 Å². The summed E-state index contributed by atoms with van der Waals surface area (Å²) in [6.45, 7) is -0.0141. The molecule has 0 aliphatic heterocycles. The zero-order valence-corrected chi connectivity index (χ0v) is 9.87. The van der Waals surface area contributed by atoms with Crippen molar-refractivity contribution in [1.29, 1.82) is 0 Å². The lowest BCUT2D eigenvalue weighted by Gasteiger charge is -2.06. The van der Waals surface area contributed by atoms with Crippen LogP contribution in [0.1, 0.15) is 0 Å². The molecule has 0 atom stereocenters. The highest BCUT2D eigenvalue weighted by molar-refractivity contribution is 7.08. The molecule has 88 valence electrons. The Balaban J connectivity index is 1.82. The molecule has 0 saturated heterocycles. The normalized spacial score (nSPS) is 9.88. The lowest BCUT2D eigenvalue weighted by Crippen LogP contribution is -2.19. The largest absolute Gasteiger partial charge is 0.484 e. The topological polar surface area (TPSA) is 64.3 Å². The molecule has 17 heavy (non-hydrogen) atoms. The second kappa shape index (κ2) is 5.36. The number of ether oxygens (including phenoxy) is 1. The first-order chi connectivity index (χ1) is 8.24. The van der Waals surface area contributed by atoms with Crippen molar-refractivity contribution >= 4 is 28.6 Å². The second-order valence-corrected chi connectivity index (χ2v) is 4.20. The van der Waals surface area contributed by atoms with Crippen LogP contribution in [0.5, 0.6) is 5.75 Å². The fourth-order valence-electron chi connectivity index (χ4n) is 1.25. The van der Waals surface area contributed by atoms with Gasteiger partial charge in [-0.3, -0.25) is 4.79 Å². The number of thiophene rings is 1. The average molecular weight is 248 g/mol. The summed E-state index contributed by atoms with van der Waals surface area (Å²) >= 11 is 1.53. The molecule has 2 aromatic rings. The summed E-state index contributed by atoms with van der Waals surface area (Å²) in [5.41, 5.74) is 7.00. The molecule has 1 aromatic heterocycles. The quantitative estimate of drug-likeness (QED) is 0.816. The summed E-state index contributed by atoms with van der Waals surface area (Å²) < 4.78 is 5.31. The Morgan fingerprint density at radius 3 is 2.71 bits per heavy atom. The maximum Gasteiger partial charge on any atom is 0.262 e. The van der Waals surface area contributed by atoms with E-state index >= 15 is 0 Å². The van der Waals surface area contributed by atoms with Crippen LogP contribution in [0.2, 0.25) is 0 Å². The molecule has 2 rings (SSSR count). The molecule has 0 bridgehead atoms. The second-order valence-electron chi connectivity index (χ2n) is 3.42. The fraction of sp³-hybridized carbons (Fsp3) is 0.0833. The number of anilines is 2. The van der Waals surface area contributed by atoms with E-state index in [1.165, 1.54) is 11.3 Å². The van der Waals surface area contributed by atoms with Gasteiger partial charge in [0.15, 0.2) is 6.61 Å². The van der Waals surface area contributed by atoms with Crippen LogP contribution in [0.15, 0.2) is 41.1 Å². The molecule has 0 aliphatic carbocycles. The fourth-order valence-corrected chi connectivity index (χ4v) is 1.83. The minimum Gasteiger partial charge on any atom is -0.484 e. The maximum atomic E-state index is 11.5. The van der Waals surface area contributed by atoms with E-state index in [2.05, 4.69) is 5.32 Å². The van der Waals surface area contributed by atoms with Gasteiger partial charge in [-0.05, 0) is 35.7 Å². The van der Waals surface area contributed by atoms with Crippen LogP contribution in [-0.2, 0) is 4.79 Å². The van der Waals surface area contributed by atoms with E-state index in [-0.39, 0.29) is 12.5 Å². The highest BCUT2D eigenvalue weighted by Gasteiger charge is 2.03. The van der Waals surface area contributed by atoms with Crippen molar-refractivity contribution in [2.45, 2.75) is 0 Å². The number of rotatable bonds is 4. The number of nitrogen functional groups attached to an aromatic ring is 1. The molecule has 0 aliphatic rings. The first kappa shape index (κ1) is 11.5. The highest BCUT2D eigenvalue weighted by Crippen LogP contribution is 2.14. The van der Waals surface area contributed by atoms with E-state index in [1.54, 1.807) is 24.3 Å². The maximum absolute atomic E-state index is 11.5. The average Bonchev–Trinajstić information content (AvgIpc) is 2.81. The van der Waals surface area contributed by atoms with Crippen molar-refractivity contribution in [3.63, 3.8) is 0 Å². The standard InChI is InChI=1S/C12H12N2O2S/c13-9-1-3-11(4-2-9)16-7-12(15)14-10-5-6-17-8-10/h1-6,8H,7,13H2,(H,14,15). The summed E-state index contributed by atoms with van der Waals surface area (Å²) in [5.74, 6) is 0.444. The van der Waals surface area contributed by atoms with E-state index in [0.29, 0.717) is 11.4 Å². The van der Waals surface area contributed by atoms with E-state index in [1.807, 2.05) is 16.8 Å². The van der Waals surface area contributed by atoms with Crippen molar-refractivity contribution in [2.24, 2.45) is 0 Å². The molecule has 0 fully saturated rings. The van der Waals surface area contributed by atoms with Crippen molar-refractivity contribution in [3.8, 4) is 5.75 Å². The molecule has 0 unspecified atom stereocenters. The van der Waals surface area contributed by atoms with Gasteiger partial charge in [-0.1, -0.05) is 0 Å². The summed E-state index contributed by atoms with van der Waals surface area (Å²) in [6.07, 6.45) is 0. The molecule has 1 amide bonds. The van der Waals surface area contributed by atoms with Crippen molar-refractivity contribution in [1.82, 2.24) is 0 Å². The number of carbonyl (C=O) groups excluding carboxylic acids is 1.